The number of hydroxylamine groups is 1. The first-order valence-electron chi connectivity index (χ1n) is 7.23. The molecule has 0 aliphatic heterocycles. The van der Waals surface area contributed by atoms with Crippen molar-refractivity contribution in [1.29, 1.82) is 0 Å². The van der Waals surface area contributed by atoms with E-state index in [0.29, 0.717) is 21.6 Å². The van der Waals surface area contributed by atoms with E-state index in [1.54, 1.807) is 41.9 Å². The zero-order valence-corrected chi connectivity index (χ0v) is 14.5. The number of hydrogen-bond acceptors (Lipinski definition) is 5. The van der Waals surface area contributed by atoms with E-state index < -0.39 is 16.7 Å². The van der Waals surface area contributed by atoms with Crippen molar-refractivity contribution >= 4 is 28.8 Å². The van der Waals surface area contributed by atoms with Gasteiger partial charge in [-0.3, -0.25) is 19.0 Å². The number of carbonyl (C=O) groups is 2. The summed E-state index contributed by atoms with van der Waals surface area (Å²) in [6.45, 7) is 0. The fourth-order valence-corrected chi connectivity index (χ4v) is 2.79. The van der Waals surface area contributed by atoms with Gasteiger partial charge in [-0.25, -0.2) is 10.5 Å². The molecular weight excluding hydrogens is 342 g/mol. The topological polar surface area (TPSA) is 99.1 Å². The predicted molar refractivity (Wildman–Crippen MR) is 94.2 cm³/mol. The molecule has 25 heavy (non-hydrogen) atoms. The molecule has 0 heterocycles. The van der Waals surface area contributed by atoms with Crippen molar-refractivity contribution in [3.63, 3.8) is 0 Å². The standard InChI is InChI=1S/C17H17N3O4S/c1-20(17(22)14-5-3-4-6-15(14)25(2)24)18-11-12-7-9-13(10-8-12)16(21)19-23/h3-11,23H,1-2H3,(H,19,21)/b18-11+. The zero-order valence-electron chi connectivity index (χ0n) is 13.7. The van der Waals surface area contributed by atoms with Crippen molar-refractivity contribution in [2.24, 2.45) is 5.10 Å². The van der Waals surface area contributed by atoms with E-state index in [-0.39, 0.29) is 5.91 Å². The number of carbonyl (C=O) groups excluding carboxylic acids is 2. The molecule has 0 aromatic heterocycles. The Labute approximate surface area is 147 Å². The molecule has 0 saturated carbocycles. The minimum absolute atomic E-state index is 0.295. The predicted octanol–water partition coefficient (Wildman–Crippen LogP) is 1.65. The van der Waals surface area contributed by atoms with Crippen LogP contribution in [-0.2, 0) is 10.8 Å². The highest BCUT2D eigenvalue weighted by Gasteiger charge is 2.16. The Morgan fingerprint density at radius 3 is 2.40 bits per heavy atom. The lowest BCUT2D eigenvalue weighted by Crippen LogP contribution is -2.22. The normalized spacial score (nSPS) is 12.0. The molecule has 2 rings (SSSR count). The van der Waals surface area contributed by atoms with Crippen LogP contribution in [0.1, 0.15) is 26.3 Å². The molecule has 0 bridgehead atoms. The number of rotatable bonds is 5. The minimum Gasteiger partial charge on any atom is -0.288 e. The second-order valence-corrected chi connectivity index (χ2v) is 6.43. The molecule has 2 aromatic rings. The van der Waals surface area contributed by atoms with E-state index in [0.717, 1.165) is 5.01 Å². The third kappa shape index (κ3) is 4.59. The van der Waals surface area contributed by atoms with Crippen LogP contribution in [-0.4, -0.2) is 45.8 Å². The first-order valence-corrected chi connectivity index (χ1v) is 8.79. The van der Waals surface area contributed by atoms with Crippen molar-refractivity contribution in [3.8, 4) is 0 Å². The van der Waals surface area contributed by atoms with Crippen molar-refractivity contribution in [2.75, 3.05) is 13.3 Å². The van der Waals surface area contributed by atoms with E-state index in [9.17, 15) is 13.8 Å². The van der Waals surface area contributed by atoms with Gasteiger partial charge >= 0.3 is 0 Å². The second kappa shape index (κ2) is 8.32. The highest BCUT2D eigenvalue weighted by Crippen LogP contribution is 2.14. The Balaban J connectivity index is 2.15. The summed E-state index contributed by atoms with van der Waals surface area (Å²) in [5.74, 6) is -0.988. The number of nitrogens with zero attached hydrogens (tertiary/aromatic N) is 2. The summed E-state index contributed by atoms with van der Waals surface area (Å²) in [4.78, 5) is 24.2. The van der Waals surface area contributed by atoms with Crippen LogP contribution in [0.2, 0.25) is 0 Å². The van der Waals surface area contributed by atoms with Gasteiger partial charge in [0.15, 0.2) is 0 Å². The van der Waals surface area contributed by atoms with Gasteiger partial charge in [0.05, 0.1) is 27.5 Å². The van der Waals surface area contributed by atoms with Crippen molar-refractivity contribution in [1.82, 2.24) is 10.5 Å². The molecular formula is C17H17N3O4S. The van der Waals surface area contributed by atoms with Gasteiger partial charge in [-0.1, -0.05) is 24.3 Å². The molecule has 0 radical (unpaired) electrons. The third-order valence-corrected chi connectivity index (χ3v) is 4.35. The van der Waals surface area contributed by atoms with Gasteiger partial charge < -0.3 is 0 Å². The van der Waals surface area contributed by atoms with Crippen LogP contribution in [0, 0.1) is 0 Å². The van der Waals surface area contributed by atoms with Crippen LogP contribution in [0.3, 0.4) is 0 Å². The molecule has 0 aliphatic carbocycles. The number of benzene rings is 2. The van der Waals surface area contributed by atoms with E-state index in [1.807, 2.05) is 0 Å². The molecule has 8 heteroatoms. The molecule has 0 aliphatic rings. The van der Waals surface area contributed by atoms with E-state index >= 15 is 0 Å². The van der Waals surface area contributed by atoms with Gasteiger partial charge in [-0.2, -0.15) is 5.10 Å². The maximum absolute atomic E-state index is 12.5. The molecule has 7 nitrogen and oxygen atoms in total. The van der Waals surface area contributed by atoms with Crippen molar-refractivity contribution < 1.29 is 19.0 Å². The highest BCUT2D eigenvalue weighted by atomic mass is 32.2. The summed E-state index contributed by atoms with van der Waals surface area (Å²) in [6, 6.07) is 13.0. The Kier molecular flexibility index (Phi) is 6.15. The molecule has 130 valence electrons. The minimum atomic E-state index is -1.28. The van der Waals surface area contributed by atoms with E-state index in [1.165, 1.54) is 31.7 Å². The van der Waals surface area contributed by atoms with Gasteiger partial charge in [0.2, 0.25) is 0 Å². The SMILES string of the molecule is CN(/N=C/c1ccc(C(=O)NO)cc1)C(=O)c1ccccc1S(C)=O. The summed E-state index contributed by atoms with van der Waals surface area (Å²) in [6.07, 6.45) is 2.98. The Hall–Kier alpha value is -2.84. The summed E-state index contributed by atoms with van der Waals surface area (Å²) in [7, 11) is 0.218. The van der Waals surface area contributed by atoms with E-state index in [2.05, 4.69) is 5.10 Å². The molecule has 0 spiro atoms. The van der Waals surface area contributed by atoms with Gasteiger partial charge in [0.25, 0.3) is 11.8 Å². The van der Waals surface area contributed by atoms with Gasteiger partial charge in [0.1, 0.15) is 0 Å². The van der Waals surface area contributed by atoms with Crippen molar-refractivity contribution in [2.45, 2.75) is 4.90 Å². The fraction of sp³-hybridized carbons (Fsp3) is 0.118. The quantitative estimate of drug-likeness (QED) is 0.482. The van der Waals surface area contributed by atoms with Crippen LogP contribution < -0.4 is 5.48 Å². The van der Waals surface area contributed by atoms with E-state index in [4.69, 9.17) is 5.21 Å². The molecule has 1 unspecified atom stereocenters. The highest BCUT2D eigenvalue weighted by molar-refractivity contribution is 7.84. The first kappa shape index (κ1) is 18.5. The summed E-state index contributed by atoms with van der Waals surface area (Å²) >= 11 is 0. The summed E-state index contributed by atoms with van der Waals surface area (Å²) < 4.78 is 11.7. The maximum atomic E-state index is 12.5. The van der Waals surface area contributed by atoms with Crippen LogP contribution in [0.25, 0.3) is 0 Å². The van der Waals surface area contributed by atoms with Crippen LogP contribution in [0.4, 0.5) is 0 Å². The molecule has 0 fully saturated rings. The average Bonchev–Trinajstić information content (AvgIpc) is 2.65. The lowest BCUT2D eigenvalue weighted by atomic mass is 10.1. The second-order valence-electron chi connectivity index (χ2n) is 5.09. The Bertz CT molecular complexity index is 834. The molecule has 2 amide bonds. The molecule has 2 N–H and O–H groups in total. The lowest BCUT2D eigenvalue weighted by Gasteiger charge is -2.13. The fourth-order valence-electron chi connectivity index (χ4n) is 2.06. The first-order chi connectivity index (χ1) is 11.9. The molecule has 0 saturated heterocycles. The zero-order chi connectivity index (χ0) is 18.4. The van der Waals surface area contributed by atoms with Crippen LogP contribution in [0.5, 0.6) is 0 Å². The largest absolute Gasteiger partial charge is 0.288 e. The van der Waals surface area contributed by atoms with Gasteiger partial charge in [-0.15, -0.1) is 0 Å². The number of hydrogen-bond donors (Lipinski definition) is 2. The Morgan fingerprint density at radius 2 is 1.80 bits per heavy atom. The maximum Gasteiger partial charge on any atom is 0.274 e. The average molecular weight is 359 g/mol. The monoisotopic (exact) mass is 359 g/mol. The summed E-state index contributed by atoms with van der Waals surface area (Å²) in [5, 5.41) is 13.8. The lowest BCUT2D eigenvalue weighted by molar-refractivity contribution is 0.0706. The number of hydrazone groups is 1. The van der Waals surface area contributed by atoms with Gasteiger partial charge in [-0.05, 0) is 29.8 Å². The summed E-state index contributed by atoms with van der Waals surface area (Å²) in [5.41, 5.74) is 2.84. The third-order valence-electron chi connectivity index (χ3n) is 3.38. The van der Waals surface area contributed by atoms with Crippen LogP contribution in [0.15, 0.2) is 58.5 Å². The number of nitrogens with one attached hydrogen (secondary N) is 1. The smallest absolute Gasteiger partial charge is 0.274 e. The Morgan fingerprint density at radius 1 is 1.16 bits per heavy atom. The van der Waals surface area contributed by atoms with Crippen LogP contribution >= 0.6 is 0 Å². The molecule has 1 atom stereocenters. The van der Waals surface area contributed by atoms with Crippen molar-refractivity contribution in [3.05, 3.63) is 65.2 Å². The molecule has 2 aromatic carbocycles. The number of amides is 2. The van der Waals surface area contributed by atoms with Gasteiger partial charge in [0, 0.05) is 18.9 Å².